The summed E-state index contributed by atoms with van der Waals surface area (Å²) in [5.74, 6) is -0.0781. The second kappa shape index (κ2) is 8.33. The Morgan fingerprint density at radius 2 is 1.90 bits per heavy atom. The lowest BCUT2D eigenvalue weighted by Gasteiger charge is -2.39. The molecule has 2 aromatic rings. The number of carbonyl (C=O) groups is 2. The van der Waals surface area contributed by atoms with Crippen LogP contribution in [0.1, 0.15) is 52.1 Å². The molecular formula is C23H27N3O3. The van der Waals surface area contributed by atoms with Gasteiger partial charge in [0.1, 0.15) is 5.69 Å². The fraction of sp³-hybridized carbons (Fsp3) is 0.435. The van der Waals surface area contributed by atoms with Gasteiger partial charge in [-0.15, -0.1) is 0 Å². The maximum absolute atomic E-state index is 12.6. The van der Waals surface area contributed by atoms with Crippen LogP contribution >= 0.6 is 0 Å². The number of carbonyl (C=O) groups excluding carboxylic acids is 2. The van der Waals surface area contributed by atoms with Crippen molar-refractivity contribution in [2.45, 2.75) is 44.3 Å². The third-order valence-corrected chi connectivity index (χ3v) is 5.99. The van der Waals surface area contributed by atoms with E-state index in [1.54, 1.807) is 12.3 Å². The van der Waals surface area contributed by atoms with Crippen molar-refractivity contribution >= 4 is 11.8 Å². The van der Waals surface area contributed by atoms with Gasteiger partial charge in [0, 0.05) is 31.4 Å². The summed E-state index contributed by atoms with van der Waals surface area (Å²) in [6.07, 6.45) is 5.24. The number of ether oxygens (including phenoxy) is 1. The molecule has 0 bridgehead atoms. The van der Waals surface area contributed by atoms with Gasteiger partial charge in [-0.2, -0.15) is 0 Å². The van der Waals surface area contributed by atoms with E-state index in [9.17, 15) is 9.59 Å². The van der Waals surface area contributed by atoms with Crippen molar-refractivity contribution in [1.82, 2.24) is 15.2 Å². The minimum atomic E-state index is -0.167. The molecule has 1 aromatic carbocycles. The predicted octanol–water partition coefficient (Wildman–Crippen LogP) is 2.97. The smallest absolute Gasteiger partial charge is 0.272 e. The van der Waals surface area contributed by atoms with E-state index in [1.165, 1.54) is 0 Å². The van der Waals surface area contributed by atoms with Crippen molar-refractivity contribution < 1.29 is 14.3 Å². The number of rotatable bonds is 4. The number of benzene rings is 1. The fourth-order valence-electron chi connectivity index (χ4n) is 4.19. The highest BCUT2D eigenvalue weighted by atomic mass is 16.5. The molecule has 0 saturated carbocycles. The van der Waals surface area contributed by atoms with E-state index in [0.29, 0.717) is 30.9 Å². The van der Waals surface area contributed by atoms with Crippen molar-refractivity contribution in [2.24, 2.45) is 0 Å². The molecule has 1 N–H and O–H groups in total. The standard InChI is InChI=1S/C23H27N3O3/c1-17-5-7-18(8-6-17)21(27)25-16-19-9-10-23(29-19)11-14-26(15-12-23)22(28)20-4-2-3-13-24-20/h2-8,13,19H,9-12,14-16H2,1H3,(H,25,27). The Bertz CT molecular complexity index is 859. The molecule has 29 heavy (non-hydrogen) atoms. The molecule has 1 unspecified atom stereocenters. The molecule has 0 aliphatic carbocycles. The quantitative estimate of drug-likeness (QED) is 0.867. The molecule has 2 fully saturated rings. The van der Waals surface area contributed by atoms with Crippen molar-refractivity contribution in [1.29, 1.82) is 0 Å². The molecule has 6 heteroatoms. The summed E-state index contributed by atoms with van der Waals surface area (Å²) in [4.78, 5) is 30.9. The lowest BCUT2D eigenvalue weighted by atomic mass is 9.88. The lowest BCUT2D eigenvalue weighted by Crippen LogP contribution is -2.47. The highest BCUT2D eigenvalue weighted by Crippen LogP contribution is 2.38. The molecule has 1 spiro atoms. The summed E-state index contributed by atoms with van der Waals surface area (Å²) in [6.45, 7) is 3.88. The molecule has 1 atom stereocenters. The van der Waals surface area contributed by atoms with E-state index in [4.69, 9.17) is 4.74 Å². The fourth-order valence-corrected chi connectivity index (χ4v) is 4.19. The first-order valence-corrected chi connectivity index (χ1v) is 10.3. The van der Waals surface area contributed by atoms with Crippen LogP contribution in [0.2, 0.25) is 0 Å². The van der Waals surface area contributed by atoms with Crippen molar-refractivity contribution in [3.8, 4) is 0 Å². The number of pyridine rings is 1. The van der Waals surface area contributed by atoms with Gasteiger partial charge in [0.15, 0.2) is 0 Å². The summed E-state index contributed by atoms with van der Waals surface area (Å²) in [7, 11) is 0. The molecule has 3 heterocycles. The molecule has 2 amide bonds. The first kappa shape index (κ1) is 19.6. The Balaban J connectivity index is 1.26. The van der Waals surface area contributed by atoms with Crippen molar-refractivity contribution in [3.05, 3.63) is 65.5 Å². The number of piperidine rings is 1. The van der Waals surface area contributed by atoms with Gasteiger partial charge in [0.25, 0.3) is 11.8 Å². The van der Waals surface area contributed by atoms with Crippen molar-refractivity contribution in [3.63, 3.8) is 0 Å². The highest BCUT2D eigenvalue weighted by molar-refractivity contribution is 5.94. The number of hydrogen-bond donors (Lipinski definition) is 1. The van der Waals surface area contributed by atoms with Gasteiger partial charge in [0.2, 0.25) is 0 Å². The second-order valence-corrected chi connectivity index (χ2v) is 8.04. The number of amides is 2. The number of nitrogens with one attached hydrogen (secondary N) is 1. The Morgan fingerprint density at radius 3 is 2.59 bits per heavy atom. The van der Waals surface area contributed by atoms with E-state index >= 15 is 0 Å². The van der Waals surface area contributed by atoms with Crippen molar-refractivity contribution in [2.75, 3.05) is 19.6 Å². The van der Waals surface area contributed by atoms with Gasteiger partial charge < -0.3 is 15.0 Å². The Labute approximate surface area is 171 Å². The van der Waals surface area contributed by atoms with Gasteiger partial charge in [-0.25, -0.2) is 0 Å². The summed E-state index contributed by atoms with van der Waals surface area (Å²) >= 11 is 0. The topological polar surface area (TPSA) is 71.5 Å². The molecule has 2 aliphatic heterocycles. The van der Waals surface area contributed by atoms with E-state index in [0.717, 1.165) is 31.2 Å². The maximum atomic E-state index is 12.6. The largest absolute Gasteiger partial charge is 0.370 e. The van der Waals surface area contributed by atoms with Crippen LogP contribution in [0, 0.1) is 6.92 Å². The van der Waals surface area contributed by atoms with Gasteiger partial charge in [0.05, 0.1) is 11.7 Å². The van der Waals surface area contributed by atoms with E-state index in [-0.39, 0.29) is 23.5 Å². The van der Waals surface area contributed by atoms with E-state index < -0.39 is 0 Å². The van der Waals surface area contributed by atoms with Gasteiger partial charge >= 0.3 is 0 Å². The predicted molar refractivity (Wildman–Crippen MR) is 110 cm³/mol. The number of aryl methyl sites for hydroxylation is 1. The van der Waals surface area contributed by atoms with E-state index in [1.807, 2.05) is 48.2 Å². The molecule has 4 rings (SSSR count). The van der Waals surface area contributed by atoms with Crippen LogP contribution in [-0.2, 0) is 4.74 Å². The number of hydrogen-bond acceptors (Lipinski definition) is 4. The van der Waals surface area contributed by atoms with Gasteiger partial charge in [-0.3, -0.25) is 14.6 Å². The highest BCUT2D eigenvalue weighted by Gasteiger charge is 2.43. The molecular weight excluding hydrogens is 366 g/mol. The molecule has 2 saturated heterocycles. The Kier molecular flexibility index (Phi) is 5.62. The number of nitrogens with zero attached hydrogens (tertiary/aromatic N) is 2. The molecule has 152 valence electrons. The first-order valence-electron chi connectivity index (χ1n) is 10.3. The zero-order chi connectivity index (χ0) is 20.3. The first-order chi connectivity index (χ1) is 14.0. The summed E-state index contributed by atoms with van der Waals surface area (Å²) < 4.78 is 6.36. The van der Waals surface area contributed by atoms with Crippen LogP contribution in [-0.4, -0.2) is 53.0 Å². The third-order valence-electron chi connectivity index (χ3n) is 5.99. The van der Waals surface area contributed by atoms with Crippen LogP contribution in [0.4, 0.5) is 0 Å². The molecule has 6 nitrogen and oxygen atoms in total. The minimum Gasteiger partial charge on any atom is -0.370 e. The minimum absolute atomic E-state index is 0.0136. The van der Waals surface area contributed by atoms with Gasteiger partial charge in [-0.05, 0) is 56.9 Å². The van der Waals surface area contributed by atoms with E-state index in [2.05, 4.69) is 10.3 Å². The second-order valence-electron chi connectivity index (χ2n) is 8.04. The normalized spacial score (nSPS) is 20.6. The zero-order valence-electron chi connectivity index (χ0n) is 16.8. The summed E-state index contributed by atoms with van der Waals surface area (Å²) in [5, 5.41) is 2.99. The Morgan fingerprint density at radius 1 is 1.14 bits per heavy atom. The average molecular weight is 393 g/mol. The van der Waals surface area contributed by atoms with Crippen LogP contribution < -0.4 is 5.32 Å². The number of likely N-dealkylation sites (tertiary alicyclic amines) is 1. The zero-order valence-corrected chi connectivity index (χ0v) is 16.8. The monoisotopic (exact) mass is 393 g/mol. The third kappa shape index (κ3) is 4.48. The molecule has 0 radical (unpaired) electrons. The lowest BCUT2D eigenvalue weighted by molar-refractivity contribution is -0.0712. The molecule has 2 aliphatic rings. The van der Waals surface area contributed by atoms with Crippen LogP contribution in [0.15, 0.2) is 48.7 Å². The Hall–Kier alpha value is -2.73. The summed E-state index contributed by atoms with van der Waals surface area (Å²) in [5.41, 5.74) is 2.13. The van der Waals surface area contributed by atoms with Gasteiger partial charge in [-0.1, -0.05) is 23.8 Å². The maximum Gasteiger partial charge on any atom is 0.272 e. The van der Waals surface area contributed by atoms with Crippen LogP contribution in [0.25, 0.3) is 0 Å². The van der Waals surface area contributed by atoms with Crippen LogP contribution in [0.5, 0.6) is 0 Å². The SMILES string of the molecule is Cc1ccc(C(=O)NCC2CCC3(CCN(C(=O)c4ccccn4)CC3)O2)cc1. The van der Waals surface area contributed by atoms with Crippen LogP contribution in [0.3, 0.4) is 0 Å². The summed E-state index contributed by atoms with van der Waals surface area (Å²) in [6, 6.07) is 13.0. The number of aromatic nitrogens is 1. The molecule has 1 aromatic heterocycles. The average Bonchev–Trinajstić information content (AvgIpc) is 3.15.